The number of carbonyl (C=O) groups excluding carboxylic acids is 1. The SMILES string of the molecule is CN(C)C1CCCC(NC(=O)CC2(CN)CCCCC2)C1.Cl.Cl. The number of halogens is 2. The summed E-state index contributed by atoms with van der Waals surface area (Å²) in [7, 11) is 4.28. The topological polar surface area (TPSA) is 58.4 Å². The van der Waals surface area contributed by atoms with Crippen molar-refractivity contribution >= 4 is 30.7 Å². The first kappa shape index (κ1) is 23.0. The van der Waals surface area contributed by atoms with Gasteiger partial charge in [-0.2, -0.15) is 0 Å². The molecule has 0 heterocycles. The van der Waals surface area contributed by atoms with E-state index in [1.54, 1.807) is 0 Å². The van der Waals surface area contributed by atoms with Crippen LogP contribution in [0.25, 0.3) is 0 Å². The Labute approximate surface area is 154 Å². The van der Waals surface area contributed by atoms with Gasteiger partial charge in [-0.3, -0.25) is 4.79 Å². The van der Waals surface area contributed by atoms with Crippen molar-refractivity contribution in [2.75, 3.05) is 20.6 Å². The monoisotopic (exact) mass is 367 g/mol. The van der Waals surface area contributed by atoms with Crippen molar-refractivity contribution in [3.63, 3.8) is 0 Å². The van der Waals surface area contributed by atoms with Crippen molar-refractivity contribution in [3.8, 4) is 0 Å². The molecule has 2 aliphatic carbocycles. The Kier molecular flexibility index (Phi) is 10.7. The zero-order chi connectivity index (χ0) is 15.3. The van der Waals surface area contributed by atoms with Crippen LogP contribution in [0.1, 0.15) is 64.2 Å². The minimum atomic E-state index is 0. The summed E-state index contributed by atoms with van der Waals surface area (Å²) in [6, 6.07) is 0.972. The minimum Gasteiger partial charge on any atom is -0.353 e. The van der Waals surface area contributed by atoms with Gasteiger partial charge in [0.05, 0.1) is 0 Å². The number of nitrogens with zero attached hydrogens (tertiary/aromatic N) is 1. The van der Waals surface area contributed by atoms with E-state index in [0.717, 1.165) is 25.7 Å². The zero-order valence-corrected chi connectivity index (χ0v) is 16.3. The Hall–Kier alpha value is -0.0300. The summed E-state index contributed by atoms with van der Waals surface area (Å²) < 4.78 is 0. The lowest BCUT2D eigenvalue weighted by atomic mass is 9.71. The molecule has 0 bridgehead atoms. The molecule has 0 aliphatic heterocycles. The molecule has 0 aromatic rings. The fourth-order valence-electron chi connectivity index (χ4n) is 4.14. The van der Waals surface area contributed by atoms with E-state index in [9.17, 15) is 4.79 Å². The first-order valence-electron chi connectivity index (χ1n) is 8.70. The van der Waals surface area contributed by atoms with E-state index in [0.29, 0.717) is 25.0 Å². The summed E-state index contributed by atoms with van der Waals surface area (Å²) in [4.78, 5) is 14.7. The Morgan fingerprint density at radius 1 is 1.13 bits per heavy atom. The van der Waals surface area contributed by atoms with Crippen LogP contribution in [0, 0.1) is 5.41 Å². The number of carbonyl (C=O) groups is 1. The molecule has 3 N–H and O–H groups in total. The highest BCUT2D eigenvalue weighted by atomic mass is 35.5. The van der Waals surface area contributed by atoms with Crippen LogP contribution < -0.4 is 11.1 Å². The fourth-order valence-corrected chi connectivity index (χ4v) is 4.14. The minimum absolute atomic E-state index is 0. The largest absolute Gasteiger partial charge is 0.353 e. The van der Waals surface area contributed by atoms with Crippen molar-refractivity contribution in [2.24, 2.45) is 11.1 Å². The van der Waals surface area contributed by atoms with Gasteiger partial charge in [-0.15, -0.1) is 24.8 Å². The number of nitrogens with one attached hydrogen (secondary N) is 1. The third kappa shape index (κ3) is 6.77. The zero-order valence-electron chi connectivity index (χ0n) is 14.7. The van der Waals surface area contributed by atoms with Crippen LogP contribution in [0.3, 0.4) is 0 Å². The molecule has 138 valence electrons. The second-order valence-corrected chi connectivity index (χ2v) is 7.49. The summed E-state index contributed by atoms with van der Waals surface area (Å²) in [6.45, 7) is 0.658. The van der Waals surface area contributed by atoms with Crippen molar-refractivity contribution in [2.45, 2.75) is 76.3 Å². The molecule has 0 radical (unpaired) electrons. The van der Waals surface area contributed by atoms with Gasteiger partial charge in [-0.25, -0.2) is 0 Å². The first-order valence-corrected chi connectivity index (χ1v) is 8.70. The van der Waals surface area contributed by atoms with Gasteiger partial charge in [-0.05, 0) is 64.6 Å². The van der Waals surface area contributed by atoms with Crippen LogP contribution in [0.2, 0.25) is 0 Å². The van der Waals surface area contributed by atoms with E-state index in [-0.39, 0.29) is 36.1 Å². The van der Waals surface area contributed by atoms with Gasteiger partial charge >= 0.3 is 0 Å². The maximum atomic E-state index is 12.4. The number of hydrogen-bond acceptors (Lipinski definition) is 3. The van der Waals surface area contributed by atoms with E-state index in [2.05, 4.69) is 24.3 Å². The highest BCUT2D eigenvalue weighted by Crippen LogP contribution is 2.38. The second kappa shape index (κ2) is 10.8. The molecular weight excluding hydrogens is 333 g/mol. The summed E-state index contributed by atoms with van der Waals surface area (Å²) in [5.41, 5.74) is 6.08. The third-order valence-corrected chi connectivity index (χ3v) is 5.62. The summed E-state index contributed by atoms with van der Waals surface area (Å²) in [6.07, 6.45) is 11.3. The predicted molar refractivity (Wildman–Crippen MR) is 102 cm³/mol. The van der Waals surface area contributed by atoms with Crippen LogP contribution in [0.4, 0.5) is 0 Å². The standard InChI is InChI=1S/C17H33N3O.2ClH/c1-20(2)15-8-6-7-14(11-15)19-16(21)12-17(13-18)9-4-3-5-10-17;;/h14-15H,3-13,18H2,1-2H3,(H,19,21);2*1H. The van der Waals surface area contributed by atoms with E-state index in [1.807, 2.05) is 0 Å². The normalized spacial score (nSPS) is 26.8. The van der Waals surface area contributed by atoms with E-state index in [1.165, 1.54) is 32.1 Å². The molecule has 23 heavy (non-hydrogen) atoms. The molecule has 1 amide bonds. The van der Waals surface area contributed by atoms with Gasteiger partial charge < -0.3 is 16.0 Å². The molecule has 2 saturated carbocycles. The number of rotatable bonds is 5. The van der Waals surface area contributed by atoms with Gasteiger partial charge in [0.15, 0.2) is 0 Å². The highest BCUT2D eigenvalue weighted by Gasteiger charge is 2.34. The Morgan fingerprint density at radius 3 is 2.35 bits per heavy atom. The molecule has 2 atom stereocenters. The molecular formula is C17H35Cl2N3O. The second-order valence-electron chi connectivity index (χ2n) is 7.49. The molecule has 2 unspecified atom stereocenters. The number of hydrogen-bond donors (Lipinski definition) is 2. The Bertz CT molecular complexity index is 347. The molecule has 0 saturated heterocycles. The number of amides is 1. The van der Waals surface area contributed by atoms with Crippen LogP contribution in [0.15, 0.2) is 0 Å². The lowest BCUT2D eigenvalue weighted by Crippen LogP contribution is -2.46. The Balaban J connectivity index is 0.00000242. The van der Waals surface area contributed by atoms with Gasteiger partial charge in [0.1, 0.15) is 0 Å². The van der Waals surface area contributed by atoms with E-state index in [4.69, 9.17) is 5.73 Å². The average Bonchev–Trinajstić information content (AvgIpc) is 2.48. The van der Waals surface area contributed by atoms with Gasteiger partial charge in [0, 0.05) is 18.5 Å². The van der Waals surface area contributed by atoms with Crippen molar-refractivity contribution in [1.29, 1.82) is 0 Å². The van der Waals surface area contributed by atoms with Crippen molar-refractivity contribution in [1.82, 2.24) is 10.2 Å². The molecule has 4 nitrogen and oxygen atoms in total. The fraction of sp³-hybridized carbons (Fsp3) is 0.941. The third-order valence-electron chi connectivity index (χ3n) is 5.62. The van der Waals surface area contributed by atoms with E-state index < -0.39 is 0 Å². The summed E-state index contributed by atoms with van der Waals surface area (Å²) >= 11 is 0. The maximum Gasteiger partial charge on any atom is 0.220 e. The lowest BCUT2D eigenvalue weighted by molar-refractivity contribution is -0.124. The highest BCUT2D eigenvalue weighted by molar-refractivity contribution is 5.85. The van der Waals surface area contributed by atoms with Gasteiger partial charge in [0.25, 0.3) is 0 Å². The van der Waals surface area contributed by atoms with Gasteiger partial charge in [0.2, 0.25) is 5.91 Å². The smallest absolute Gasteiger partial charge is 0.220 e. The Morgan fingerprint density at radius 2 is 1.78 bits per heavy atom. The van der Waals surface area contributed by atoms with Crippen molar-refractivity contribution in [3.05, 3.63) is 0 Å². The average molecular weight is 368 g/mol. The van der Waals surface area contributed by atoms with E-state index >= 15 is 0 Å². The number of nitrogens with two attached hydrogens (primary N) is 1. The lowest BCUT2D eigenvalue weighted by Gasteiger charge is -2.37. The molecule has 2 rings (SSSR count). The molecule has 6 heteroatoms. The quantitative estimate of drug-likeness (QED) is 0.784. The van der Waals surface area contributed by atoms with Crippen LogP contribution >= 0.6 is 24.8 Å². The van der Waals surface area contributed by atoms with Gasteiger partial charge in [-0.1, -0.05) is 19.3 Å². The van der Waals surface area contributed by atoms with Crippen LogP contribution in [0.5, 0.6) is 0 Å². The maximum absolute atomic E-state index is 12.4. The molecule has 0 aromatic carbocycles. The summed E-state index contributed by atoms with van der Waals surface area (Å²) in [5, 5.41) is 3.29. The van der Waals surface area contributed by atoms with Crippen molar-refractivity contribution < 1.29 is 4.79 Å². The van der Waals surface area contributed by atoms with Crippen LogP contribution in [-0.2, 0) is 4.79 Å². The predicted octanol–water partition coefficient (Wildman–Crippen LogP) is 3.12. The van der Waals surface area contributed by atoms with Crippen LogP contribution in [-0.4, -0.2) is 43.5 Å². The molecule has 0 spiro atoms. The summed E-state index contributed by atoms with van der Waals surface area (Å²) in [5.74, 6) is 0.228. The molecule has 2 fully saturated rings. The first-order chi connectivity index (χ1) is 10.0. The molecule has 0 aromatic heterocycles. The molecule has 2 aliphatic rings.